The number of hydrogen-bond donors (Lipinski definition) is 5. The highest BCUT2D eigenvalue weighted by molar-refractivity contribution is 5.80. The molecule has 0 aromatic carbocycles. The van der Waals surface area contributed by atoms with Crippen molar-refractivity contribution in [3.63, 3.8) is 0 Å². The van der Waals surface area contributed by atoms with Gasteiger partial charge in [0.15, 0.2) is 0 Å². The topological polar surface area (TPSA) is 110 Å². The number of rotatable bonds is 53. The zero-order valence-corrected chi connectivity index (χ0v) is 43.5. The summed E-state index contributed by atoms with van der Waals surface area (Å²) in [6.45, 7) is 4.07. The fourth-order valence-electron chi connectivity index (χ4n) is 9.01. The first-order valence-electron chi connectivity index (χ1n) is 28.9. The van der Waals surface area contributed by atoms with Crippen molar-refractivity contribution in [1.29, 1.82) is 0 Å². The van der Waals surface area contributed by atoms with Crippen LogP contribution >= 0.6 is 0 Å². The van der Waals surface area contributed by atoms with E-state index in [9.17, 15) is 25.2 Å². The van der Waals surface area contributed by atoms with Crippen molar-refractivity contribution < 1.29 is 25.2 Å². The third-order valence-electron chi connectivity index (χ3n) is 13.6. The summed E-state index contributed by atoms with van der Waals surface area (Å²) in [5, 5.41) is 44.0. The third kappa shape index (κ3) is 47.4. The molecule has 0 aliphatic carbocycles. The molecule has 0 aliphatic rings. The van der Waals surface area contributed by atoms with E-state index in [0.29, 0.717) is 19.3 Å². The largest absolute Gasteiger partial charge is 0.394 e. The van der Waals surface area contributed by atoms with Gasteiger partial charge in [-0.05, 0) is 77.0 Å². The monoisotopic (exact) mass is 916 g/mol. The Bertz CT molecular complexity index is 1030. The first kappa shape index (κ1) is 63.5. The molecule has 0 saturated carbocycles. The van der Waals surface area contributed by atoms with Crippen LogP contribution in [0.5, 0.6) is 0 Å². The van der Waals surface area contributed by atoms with Gasteiger partial charge in [0, 0.05) is 0 Å². The van der Waals surface area contributed by atoms with Crippen LogP contribution in [0.3, 0.4) is 0 Å². The molecule has 0 heterocycles. The van der Waals surface area contributed by atoms with Crippen LogP contribution in [0.15, 0.2) is 36.5 Å². The number of allylic oxidation sites excluding steroid dienone is 6. The van der Waals surface area contributed by atoms with Crippen molar-refractivity contribution in [3.8, 4) is 0 Å². The maximum absolute atomic E-state index is 12.6. The molecule has 0 bridgehead atoms. The summed E-state index contributed by atoms with van der Waals surface area (Å²) in [4.78, 5) is 12.6. The average molecular weight is 917 g/mol. The van der Waals surface area contributed by atoms with Gasteiger partial charge in [-0.25, -0.2) is 0 Å². The Labute approximate surface area is 405 Å². The van der Waals surface area contributed by atoms with E-state index < -0.39 is 36.9 Å². The summed E-state index contributed by atoms with van der Waals surface area (Å²) in [7, 11) is 0. The molecule has 0 radical (unpaired) electrons. The second-order valence-corrected chi connectivity index (χ2v) is 20.0. The molecule has 65 heavy (non-hydrogen) atoms. The van der Waals surface area contributed by atoms with Crippen LogP contribution in [-0.2, 0) is 4.79 Å². The van der Waals surface area contributed by atoms with Gasteiger partial charge in [-0.3, -0.25) is 4.79 Å². The van der Waals surface area contributed by atoms with E-state index in [1.807, 2.05) is 0 Å². The summed E-state index contributed by atoms with van der Waals surface area (Å²) in [6.07, 6.45) is 66.5. The van der Waals surface area contributed by atoms with Gasteiger partial charge in [0.1, 0.15) is 12.2 Å². The fourth-order valence-corrected chi connectivity index (χ4v) is 9.01. The number of amides is 1. The molecule has 4 unspecified atom stereocenters. The van der Waals surface area contributed by atoms with E-state index in [1.165, 1.54) is 218 Å². The van der Waals surface area contributed by atoms with Gasteiger partial charge in [-0.2, -0.15) is 0 Å². The van der Waals surface area contributed by atoms with Gasteiger partial charge in [0.2, 0.25) is 5.91 Å². The number of carbonyl (C=O) groups is 1. The Morgan fingerprint density at radius 3 is 0.969 bits per heavy atom. The van der Waals surface area contributed by atoms with Gasteiger partial charge in [-0.1, -0.05) is 262 Å². The van der Waals surface area contributed by atoms with Gasteiger partial charge in [-0.15, -0.1) is 0 Å². The molecule has 384 valence electrons. The Morgan fingerprint density at radius 2 is 0.646 bits per heavy atom. The van der Waals surface area contributed by atoms with Crippen LogP contribution in [0.1, 0.15) is 303 Å². The minimum atomic E-state index is -1.29. The minimum absolute atomic E-state index is 0.353. The van der Waals surface area contributed by atoms with Crippen LogP contribution in [-0.4, -0.2) is 57.3 Å². The minimum Gasteiger partial charge on any atom is -0.394 e. The Kier molecular flexibility index (Phi) is 52.3. The summed E-state index contributed by atoms with van der Waals surface area (Å²) in [6, 6.07) is -1.01. The lowest BCUT2D eigenvalue weighted by Gasteiger charge is -2.27. The number of unbranched alkanes of at least 4 members (excludes halogenated alkanes) is 38. The molecule has 1 amide bonds. The van der Waals surface area contributed by atoms with E-state index in [0.717, 1.165) is 51.4 Å². The third-order valence-corrected chi connectivity index (χ3v) is 13.6. The summed E-state index contributed by atoms with van der Waals surface area (Å²) < 4.78 is 0. The standard InChI is InChI=1S/C59H113NO5/c1-3-5-7-9-11-13-15-17-19-21-23-25-26-27-28-29-30-31-33-34-36-38-40-42-44-46-48-50-52-56(62)58(64)55(54-61)60-59(65)57(63)53-51-49-47-45-43-41-39-37-35-32-24-22-20-18-16-14-12-10-8-6-4-2/h35-38,44,46,55-58,61-64H,3-34,39-43,45,47-54H2,1-2H3,(H,60,65)/b37-35-,38-36+,46-44+. The quantitative estimate of drug-likeness (QED) is 0.0308. The zero-order chi connectivity index (χ0) is 47.4. The second-order valence-electron chi connectivity index (χ2n) is 20.0. The van der Waals surface area contributed by atoms with Gasteiger partial charge >= 0.3 is 0 Å². The summed E-state index contributed by atoms with van der Waals surface area (Å²) >= 11 is 0. The highest BCUT2D eigenvalue weighted by Crippen LogP contribution is 2.17. The van der Waals surface area contributed by atoms with E-state index >= 15 is 0 Å². The van der Waals surface area contributed by atoms with Crippen molar-refractivity contribution in [3.05, 3.63) is 36.5 Å². The van der Waals surface area contributed by atoms with Crippen LogP contribution in [0, 0.1) is 0 Å². The smallest absolute Gasteiger partial charge is 0.249 e. The molecule has 0 rings (SSSR count). The lowest BCUT2D eigenvalue weighted by molar-refractivity contribution is -0.132. The number of aliphatic hydroxyl groups is 4. The summed E-state index contributed by atoms with van der Waals surface area (Å²) in [5.74, 6) is -0.599. The first-order valence-corrected chi connectivity index (χ1v) is 28.9. The Balaban J connectivity index is 3.68. The van der Waals surface area contributed by atoms with Crippen molar-refractivity contribution >= 4 is 5.91 Å². The molecule has 4 atom stereocenters. The lowest BCUT2D eigenvalue weighted by Crippen LogP contribution is -2.53. The molecule has 5 N–H and O–H groups in total. The molecule has 0 aliphatic heterocycles. The number of hydrogen-bond acceptors (Lipinski definition) is 5. The molecule has 0 aromatic heterocycles. The van der Waals surface area contributed by atoms with E-state index in [2.05, 4.69) is 55.6 Å². The van der Waals surface area contributed by atoms with Gasteiger partial charge in [0.05, 0.1) is 18.8 Å². The zero-order valence-electron chi connectivity index (χ0n) is 43.5. The Hall–Kier alpha value is -1.47. The number of carbonyl (C=O) groups excluding carboxylic acids is 1. The van der Waals surface area contributed by atoms with Crippen molar-refractivity contribution in [1.82, 2.24) is 5.32 Å². The van der Waals surface area contributed by atoms with Gasteiger partial charge < -0.3 is 25.7 Å². The van der Waals surface area contributed by atoms with Crippen molar-refractivity contribution in [2.45, 2.75) is 327 Å². The van der Waals surface area contributed by atoms with Crippen LogP contribution in [0.25, 0.3) is 0 Å². The molecule has 6 nitrogen and oxygen atoms in total. The second kappa shape index (κ2) is 53.5. The fraction of sp³-hybridized carbons (Fsp3) is 0.881. The van der Waals surface area contributed by atoms with E-state index in [1.54, 1.807) is 0 Å². The van der Waals surface area contributed by atoms with Gasteiger partial charge in [0.25, 0.3) is 0 Å². The SMILES string of the molecule is CCCCCCCCCCCCC/C=C\CCCCCCCCC(O)C(=O)NC(CO)C(O)C(O)CCC/C=C/CC/C=C/CCCCCCCCCCCCCCCCCCCCC. The van der Waals surface area contributed by atoms with E-state index in [-0.39, 0.29) is 0 Å². The van der Waals surface area contributed by atoms with E-state index in [4.69, 9.17) is 0 Å². The maximum Gasteiger partial charge on any atom is 0.249 e. The molecule has 0 aromatic rings. The molecular formula is C59H113NO5. The van der Waals surface area contributed by atoms with Crippen LogP contribution in [0.4, 0.5) is 0 Å². The molecule has 6 heteroatoms. The van der Waals surface area contributed by atoms with Crippen molar-refractivity contribution in [2.24, 2.45) is 0 Å². The highest BCUT2D eigenvalue weighted by Gasteiger charge is 2.28. The molecule has 0 spiro atoms. The lowest BCUT2D eigenvalue weighted by atomic mass is 10.00. The summed E-state index contributed by atoms with van der Waals surface area (Å²) in [5.41, 5.74) is 0. The first-order chi connectivity index (χ1) is 32.0. The molecule has 0 saturated heterocycles. The highest BCUT2D eigenvalue weighted by atomic mass is 16.3. The number of nitrogens with one attached hydrogen (secondary N) is 1. The predicted octanol–water partition coefficient (Wildman–Crippen LogP) is 16.8. The normalized spacial score (nSPS) is 14.0. The predicted molar refractivity (Wildman–Crippen MR) is 284 cm³/mol. The average Bonchev–Trinajstić information content (AvgIpc) is 3.31. The number of aliphatic hydroxyl groups excluding tert-OH is 4. The molecule has 0 fully saturated rings. The van der Waals surface area contributed by atoms with Crippen molar-refractivity contribution in [2.75, 3.05) is 6.61 Å². The van der Waals surface area contributed by atoms with Crippen LogP contribution < -0.4 is 5.32 Å². The van der Waals surface area contributed by atoms with Crippen LogP contribution in [0.2, 0.25) is 0 Å². The maximum atomic E-state index is 12.6. The Morgan fingerprint density at radius 1 is 0.369 bits per heavy atom. The molecular weight excluding hydrogens is 803 g/mol.